The standard InChI is InChI=1S/C20H20N2O2.ClH/c23-20(22-10-2-8-21-9-11-22)18-4-1-3-15(14-18)16-5-6-19-17(13-16)7-12-24-19;/h1,3-7,12-14,21H,2,8-11H2;1H. The van der Waals surface area contributed by atoms with Gasteiger partial charge in [-0.25, -0.2) is 0 Å². The van der Waals surface area contributed by atoms with Gasteiger partial charge in [-0.05, 0) is 54.4 Å². The molecule has 4 nitrogen and oxygen atoms in total. The van der Waals surface area contributed by atoms with Crippen LogP contribution in [0.15, 0.2) is 59.2 Å². The van der Waals surface area contributed by atoms with E-state index in [1.54, 1.807) is 6.26 Å². The van der Waals surface area contributed by atoms with E-state index in [-0.39, 0.29) is 18.3 Å². The number of benzene rings is 2. The van der Waals surface area contributed by atoms with Gasteiger partial charge in [-0.2, -0.15) is 0 Å². The Morgan fingerprint density at radius 2 is 1.88 bits per heavy atom. The van der Waals surface area contributed by atoms with Gasteiger partial charge in [-0.3, -0.25) is 4.79 Å². The second-order valence-electron chi connectivity index (χ2n) is 6.15. The summed E-state index contributed by atoms with van der Waals surface area (Å²) < 4.78 is 5.40. The predicted molar refractivity (Wildman–Crippen MR) is 102 cm³/mol. The van der Waals surface area contributed by atoms with Gasteiger partial charge in [-0.1, -0.05) is 18.2 Å². The first-order chi connectivity index (χ1) is 11.8. The van der Waals surface area contributed by atoms with Crippen molar-refractivity contribution in [1.82, 2.24) is 10.2 Å². The molecule has 0 aliphatic carbocycles. The van der Waals surface area contributed by atoms with E-state index in [4.69, 9.17) is 4.42 Å². The Hall–Kier alpha value is -2.30. The summed E-state index contributed by atoms with van der Waals surface area (Å²) in [4.78, 5) is 14.7. The number of halogens is 1. The lowest BCUT2D eigenvalue weighted by atomic mass is 10.0. The minimum Gasteiger partial charge on any atom is -0.464 e. The van der Waals surface area contributed by atoms with Crippen LogP contribution in [0, 0.1) is 0 Å². The lowest BCUT2D eigenvalue weighted by Crippen LogP contribution is -2.34. The summed E-state index contributed by atoms with van der Waals surface area (Å²) in [6.45, 7) is 3.43. The van der Waals surface area contributed by atoms with Gasteiger partial charge in [-0.15, -0.1) is 12.4 Å². The van der Waals surface area contributed by atoms with Crippen LogP contribution in [0.5, 0.6) is 0 Å². The number of hydrogen-bond donors (Lipinski definition) is 1. The second kappa shape index (κ2) is 7.72. The van der Waals surface area contributed by atoms with E-state index in [1.807, 2.05) is 47.4 Å². The first kappa shape index (κ1) is 17.5. The Balaban J connectivity index is 0.00000182. The summed E-state index contributed by atoms with van der Waals surface area (Å²) in [5.74, 6) is 0.116. The largest absolute Gasteiger partial charge is 0.464 e. The highest BCUT2D eigenvalue weighted by Crippen LogP contribution is 2.26. The van der Waals surface area contributed by atoms with Gasteiger partial charge in [0.25, 0.3) is 5.91 Å². The molecule has 3 aromatic rings. The summed E-state index contributed by atoms with van der Waals surface area (Å²) >= 11 is 0. The Bertz CT molecular complexity index is 867. The molecular weight excluding hydrogens is 336 g/mol. The van der Waals surface area contributed by atoms with Crippen molar-refractivity contribution in [2.45, 2.75) is 6.42 Å². The van der Waals surface area contributed by atoms with Crippen molar-refractivity contribution in [3.8, 4) is 11.1 Å². The molecule has 1 fully saturated rings. The highest BCUT2D eigenvalue weighted by molar-refractivity contribution is 5.96. The Morgan fingerprint density at radius 3 is 2.80 bits per heavy atom. The zero-order valence-corrected chi connectivity index (χ0v) is 14.7. The molecule has 1 aromatic heterocycles. The summed E-state index contributed by atoms with van der Waals surface area (Å²) in [6.07, 6.45) is 2.70. The lowest BCUT2D eigenvalue weighted by molar-refractivity contribution is 0.0766. The molecule has 0 unspecified atom stereocenters. The molecule has 4 rings (SSSR count). The van der Waals surface area contributed by atoms with Crippen LogP contribution in [0.4, 0.5) is 0 Å². The molecule has 1 N–H and O–H groups in total. The van der Waals surface area contributed by atoms with Crippen LogP contribution in [0.2, 0.25) is 0 Å². The SMILES string of the molecule is Cl.O=C(c1cccc(-c2ccc3occc3c2)c1)N1CCCNCC1. The van der Waals surface area contributed by atoms with Gasteiger partial charge in [0.1, 0.15) is 5.58 Å². The highest BCUT2D eigenvalue weighted by atomic mass is 35.5. The third-order valence-electron chi connectivity index (χ3n) is 4.52. The van der Waals surface area contributed by atoms with Gasteiger partial charge in [0.2, 0.25) is 0 Å². The third kappa shape index (κ3) is 3.70. The topological polar surface area (TPSA) is 45.5 Å². The summed E-state index contributed by atoms with van der Waals surface area (Å²) in [7, 11) is 0. The van der Waals surface area contributed by atoms with Crippen LogP contribution < -0.4 is 5.32 Å². The zero-order chi connectivity index (χ0) is 16.4. The normalized spacial score (nSPS) is 14.8. The quantitative estimate of drug-likeness (QED) is 0.756. The van der Waals surface area contributed by atoms with Crippen molar-refractivity contribution >= 4 is 29.3 Å². The number of hydrogen-bond acceptors (Lipinski definition) is 3. The van der Waals surface area contributed by atoms with Gasteiger partial charge >= 0.3 is 0 Å². The van der Waals surface area contributed by atoms with Crippen LogP contribution in [-0.4, -0.2) is 37.0 Å². The van der Waals surface area contributed by atoms with E-state index in [1.165, 1.54) is 0 Å². The number of furan rings is 1. The van der Waals surface area contributed by atoms with E-state index in [2.05, 4.69) is 11.4 Å². The fourth-order valence-electron chi connectivity index (χ4n) is 3.21. The zero-order valence-electron chi connectivity index (χ0n) is 13.9. The maximum Gasteiger partial charge on any atom is 0.253 e. The van der Waals surface area contributed by atoms with E-state index in [0.717, 1.165) is 60.3 Å². The molecule has 0 radical (unpaired) electrons. The second-order valence-corrected chi connectivity index (χ2v) is 6.15. The Morgan fingerprint density at radius 1 is 1.00 bits per heavy atom. The molecule has 25 heavy (non-hydrogen) atoms. The molecule has 5 heteroatoms. The minimum absolute atomic E-state index is 0. The number of fused-ring (bicyclic) bond motifs is 1. The van der Waals surface area contributed by atoms with Gasteiger partial charge < -0.3 is 14.6 Å². The first-order valence-corrected chi connectivity index (χ1v) is 8.39. The maximum absolute atomic E-state index is 12.8. The minimum atomic E-state index is 0. The Labute approximate surface area is 153 Å². The van der Waals surface area contributed by atoms with Crippen LogP contribution in [0.3, 0.4) is 0 Å². The predicted octanol–water partition coefficient (Wildman–Crippen LogP) is 3.96. The molecule has 1 amide bonds. The Kier molecular flexibility index (Phi) is 5.41. The number of nitrogens with zero attached hydrogens (tertiary/aromatic N) is 1. The lowest BCUT2D eigenvalue weighted by Gasteiger charge is -2.20. The molecular formula is C20H21ClN2O2. The van der Waals surface area contributed by atoms with Crippen molar-refractivity contribution in [1.29, 1.82) is 0 Å². The fourth-order valence-corrected chi connectivity index (χ4v) is 3.21. The van der Waals surface area contributed by atoms with E-state index in [0.29, 0.717) is 0 Å². The van der Waals surface area contributed by atoms with Crippen LogP contribution in [-0.2, 0) is 0 Å². The first-order valence-electron chi connectivity index (χ1n) is 8.39. The average molecular weight is 357 g/mol. The van der Waals surface area contributed by atoms with Crippen molar-refractivity contribution < 1.29 is 9.21 Å². The summed E-state index contributed by atoms with van der Waals surface area (Å²) in [5.41, 5.74) is 3.78. The van der Waals surface area contributed by atoms with Gasteiger partial charge in [0, 0.05) is 30.6 Å². The molecule has 0 spiro atoms. The van der Waals surface area contributed by atoms with Gasteiger partial charge in [0.05, 0.1) is 6.26 Å². The van der Waals surface area contributed by atoms with Crippen molar-refractivity contribution in [3.63, 3.8) is 0 Å². The van der Waals surface area contributed by atoms with Crippen molar-refractivity contribution in [3.05, 3.63) is 60.4 Å². The van der Waals surface area contributed by atoms with E-state index < -0.39 is 0 Å². The summed E-state index contributed by atoms with van der Waals surface area (Å²) in [5, 5.41) is 4.40. The third-order valence-corrected chi connectivity index (χ3v) is 4.52. The highest BCUT2D eigenvalue weighted by Gasteiger charge is 2.17. The molecule has 0 bridgehead atoms. The maximum atomic E-state index is 12.8. The monoisotopic (exact) mass is 356 g/mol. The number of rotatable bonds is 2. The van der Waals surface area contributed by atoms with E-state index >= 15 is 0 Å². The number of carbonyl (C=O) groups is 1. The molecule has 1 aliphatic heterocycles. The molecule has 130 valence electrons. The molecule has 2 heterocycles. The van der Waals surface area contributed by atoms with Crippen molar-refractivity contribution in [2.75, 3.05) is 26.2 Å². The van der Waals surface area contributed by atoms with Crippen LogP contribution in [0.25, 0.3) is 22.1 Å². The number of carbonyl (C=O) groups excluding carboxylic acids is 1. The molecule has 0 atom stereocenters. The summed E-state index contributed by atoms with van der Waals surface area (Å²) in [6, 6.07) is 15.9. The molecule has 1 saturated heterocycles. The molecule has 2 aromatic carbocycles. The molecule has 1 aliphatic rings. The van der Waals surface area contributed by atoms with Crippen molar-refractivity contribution in [2.24, 2.45) is 0 Å². The van der Waals surface area contributed by atoms with Crippen LogP contribution >= 0.6 is 12.4 Å². The van der Waals surface area contributed by atoms with Gasteiger partial charge in [0.15, 0.2) is 0 Å². The number of amides is 1. The average Bonchev–Trinajstić information content (AvgIpc) is 2.93. The van der Waals surface area contributed by atoms with E-state index in [9.17, 15) is 4.79 Å². The molecule has 0 saturated carbocycles. The smallest absolute Gasteiger partial charge is 0.253 e. The number of nitrogens with one attached hydrogen (secondary N) is 1. The fraction of sp³-hybridized carbons (Fsp3) is 0.250. The van der Waals surface area contributed by atoms with Crippen LogP contribution in [0.1, 0.15) is 16.8 Å².